The lowest BCUT2D eigenvalue weighted by Gasteiger charge is -2.41. The molecule has 1 aliphatic heterocycles. The van der Waals surface area contributed by atoms with Gasteiger partial charge in [0, 0.05) is 29.2 Å². The monoisotopic (exact) mass is 357 g/mol. The first-order chi connectivity index (χ1) is 9.93. The van der Waals surface area contributed by atoms with Crippen LogP contribution >= 0.6 is 15.9 Å². The Hall–Kier alpha value is -1.18. The quantitative estimate of drug-likeness (QED) is 0.625. The van der Waals surface area contributed by atoms with E-state index in [1.807, 2.05) is 0 Å². The van der Waals surface area contributed by atoms with Crippen LogP contribution in [0.15, 0.2) is 22.7 Å². The van der Waals surface area contributed by atoms with E-state index in [0.29, 0.717) is 12.2 Å². The summed E-state index contributed by atoms with van der Waals surface area (Å²) in [4.78, 5) is 13.0. The molecule has 1 saturated heterocycles. The van der Waals surface area contributed by atoms with Gasteiger partial charge in [-0.1, -0.05) is 15.9 Å². The highest BCUT2D eigenvalue weighted by Gasteiger charge is 2.32. The topological polar surface area (TPSA) is 78.6 Å². The fourth-order valence-corrected chi connectivity index (χ4v) is 3.23. The Balaban J connectivity index is 2.20. The number of aliphatic hydroxyl groups is 1. The number of β-amino-alcohol motifs (C(OH)–C–C–N with tert-alkyl or cyclic N) is 1. The zero-order valence-corrected chi connectivity index (χ0v) is 13.6. The van der Waals surface area contributed by atoms with Gasteiger partial charge >= 0.3 is 0 Å². The first-order valence-corrected chi connectivity index (χ1v) is 7.78. The van der Waals surface area contributed by atoms with Gasteiger partial charge in [-0.05, 0) is 38.4 Å². The summed E-state index contributed by atoms with van der Waals surface area (Å²) >= 11 is 3.36. The van der Waals surface area contributed by atoms with Gasteiger partial charge in [-0.25, -0.2) is 0 Å². The molecule has 1 aromatic carbocycles. The molecule has 1 aliphatic rings. The van der Waals surface area contributed by atoms with Crippen LogP contribution in [-0.4, -0.2) is 46.7 Å². The number of nitrogens with zero attached hydrogens (tertiary/aromatic N) is 2. The van der Waals surface area contributed by atoms with Gasteiger partial charge in [0.05, 0.1) is 11.5 Å². The summed E-state index contributed by atoms with van der Waals surface area (Å²) in [6.45, 7) is 4.56. The summed E-state index contributed by atoms with van der Waals surface area (Å²) < 4.78 is 0.808. The molecule has 0 aromatic heterocycles. The molecule has 0 spiro atoms. The first kappa shape index (κ1) is 16.2. The molecule has 7 heteroatoms. The summed E-state index contributed by atoms with van der Waals surface area (Å²) in [5.74, 6) is 0. The van der Waals surface area contributed by atoms with Gasteiger partial charge in [0.2, 0.25) is 0 Å². The van der Waals surface area contributed by atoms with Crippen molar-refractivity contribution in [3.05, 3.63) is 32.8 Å². The number of nitro benzene ring substituents is 1. The zero-order valence-electron chi connectivity index (χ0n) is 12.0. The van der Waals surface area contributed by atoms with Crippen molar-refractivity contribution in [3.8, 4) is 0 Å². The number of piperidine rings is 1. The van der Waals surface area contributed by atoms with Crippen LogP contribution in [-0.2, 0) is 0 Å². The van der Waals surface area contributed by atoms with E-state index in [2.05, 4.69) is 33.1 Å². The van der Waals surface area contributed by atoms with Crippen molar-refractivity contribution in [1.29, 1.82) is 0 Å². The maximum Gasteiger partial charge on any atom is 0.292 e. The number of halogens is 1. The molecule has 0 amide bonds. The minimum absolute atomic E-state index is 0.0821. The standard InChI is InChI=1S/C14H20BrN3O3/c1-14(5-2-6-17(10-14)7-8-19)16-12-9-11(15)3-4-13(12)18(20)21/h3-4,9,16,19H,2,5-8,10H2,1H3. The molecule has 1 aromatic rings. The number of nitrogens with one attached hydrogen (secondary N) is 1. The van der Waals surface area contributed by atoms with E-state index in [1.165, 1.54) is 6.07 Å². The smallest absolute Gasteiger partial charge is 0.292 e. The number of rotatable bonds is 5. The predicted octanol–water partition coefficient (Wildman–Crippen LogP) is 2.62. The van der Waals surface area contributed by atoms with Crippen molar-refractivity contribution in [2.45, 2.75) is 25.3 Å². The van der Waals surface area contributed by atoms with E-state index < -0.39 is 0 Å². The number of aliphatic hydroxyl groups excluding tert-OH is 1. The van der Waals surface area contributed by atoms with Crippen molar-refractivity contribution < 1.29 is 10.0 Å². The molecule has 1 heterocycles. The average Bonchev–Trinajstić information content (AvgIpc) is 2.38. The highest BCUT2D eigenvalue weighted by atomic mass is 79.9. The molecule has 1 atom stereocenters. The molecule has 21 heavy (non-hydrogen) atoms. The Labute approximate surface area is 132 Å². The van der Waals surface area contributed by atoms with Gasteiger partial charge in [-0.3, -0.25) is 15.0 Å². The maximum atomic E-state index is 11.2. The number of hydrogen-bond donors (Lipinski definition) is 2. The van der Waals surface area contributed by atoms with Crippen molar-refractivity contribution in [2.75, 3.05) is 31.6 Å². The predicted molar refractivity (Wildman–Crippen MR) is 85.6 cm³/mol. The Morgan fingerprint density at radius 3 is 3.00 bits per heavy atom. The van der Waals surface area contributed by atoms with Gasteiger partial charge in [0.15, 0.2) is 0 Å². The number of hydrogen-bond acceptors (Lipinski definition) is 5. The highest BCUT2D eigenvalue weighted by molar-refractivity contribution is 9.10. The summed E-state index contributed by atoms with van der Waals surface area (Å²) in [6, 6.07) is 4.92. The van der Waals surface area contributed by atoms with Crippen LogP contribution in [0, 0.1) is 10.1 Å². The summed E-state index contributed by atoms with van der Waals surface area (Å²) in [5.41, 5.74) is 0.375. The summed E-state index contributed by atoms with van der Waals surface area (Å²) in [7, 11) is 0. The second-order valence-corrected chi connectivity index (χ2v) is 6.62. The third-order valence-electron chi connectivity index (χ3n) is 3.78. The Kier molecular flexibility index (Phi) is 5.18. The third-order valence-corrected chi connectivity index (χ3v) is 4.28. The minimum atomic E-state index is -0.369. The van der Waals surface area contributed by atoms with Crippen LogP contribution in [0.3, 0.4) is 0 Å². The molecule has 2 rings (SSSR count). The first-order valence-electron chi connectivity index (χ1n) is 6.99. The lowest BCUT2D eigenvalue weighted by molar-refractivity contribution is -0.384. The molecule has 2 N–H and O–H groups in total. The van der Waals surface area contributed by atoms with Gasteiger partial charge in [-0.2, -0.15) is 0 Å². The lowest BCUT2D eigenvalue weighted by Crippen LogP contribution is -2.51. The zero-order chi connectivity index (χ0) is 15.5. The molecule has 0 aliphatic carbocycles. The van der Waals surface area contributed by atoms with Crippen LogP contribution in [0.4, 0.5) is 11.4 Å². The molecular weight excluding hydrogens is 338 g/mol. The average molecular weight is 358 g/mol. The Morgan fingerprint density at radius 1 is 1.57 bits per heavy atom. The van der Waals surface area contributed by atoms with Gasteiger partial charge in [0.1, 0.15) is 5.69 Å². The van der Waals surface area contributed by atoms with E-state index in [0.717, 1.165) is 30.4 Å². The number of anilines is 1. The number of likely N-dealkylation sites (tertiary alicyclic amines) is 1. The summed E-state index contributed by atoms with van der Waals surface area (Å²) in [5, 5.41) is 23.6. The summed E-state index contributed by atoms with van der Waals surface area (Å²) in [6.07, 6.45) is 1.95. The largest absolute Gasteiger partial charge is 0.395 e. The Bertz CT molecular complexity index is 524. The van der Waals surface area contributed by atoms with Crippen LogP contribution in [0.2, 0.25) is 0 Å². The van der Waals surface area contributed by atoms with Gasteiger partial charge in [-0.15, -0.1) is 0 Å². The molecular formula is C14H20BrN3O3. The fraction of sp³-hybridized carbons (Fsp3) is 0.571. The maximum absolute atomic E-state index is 11.2. The van der Waals surface area contributed by atoms with E-state index in [-0.39, 0.29) is 22.8 Å². The molecule has 1 fully saturated rings. The third kappa shape index (κ3) is 4.15. The molecule has 1 unspecified atom stereocenters. The van der Waals surface area contributed by atoms with Crippen LogP contribution < -0.4 is 5.32 Å². The second-order valence-electron chi connectivity index (χ2n) is 5.71. The number of benzene rings is 1. The molecule has 0 radical (unpaired) electrons. The fourth-order valence-electron chi connectivity index (χ4n) is 2.87. The second kappa shape index (κ2) is 6.72. The van der Waals surface area contributed by atoms with E-state index in [4.69, 9.17) is 5.11 Å². The van der Waals surface area contributed by atoms with Crippen LogP contribution in [0.25, 0.3) is 0 Å². The van der Waals surface area contributed by atoms with Crippen molar-refractivity contribution in [3.63, 3.8) is 0 Å². The molecule has 6 nitrogen and oxygen atoms in total. The minimum Gasteiger partial charge on any atom is -0.395 e. The highest BCUT2D eigenvalue weighted by Crippen LogP contribution is 2.33. The van der Waals surface area contributed by atoms with Gasteiger partial charge in [0.25, 0.3) is 5.69 Å². The van der Waals surface area contributed by atoms with Crippen molar-refractivity contribution >= 4 is 27.3 Å². The van der Waals surface area contributed by atoms with Crippen LogP contribution in [0.1, 0.15) is 19.8 Å². The Morgan fingerprint density at radius 2 is 2.33 bits per heavy atom. The molecule has 116 valence electrons. The molecule has 0 saturated carbocycles. The van der Waals surface area contributed by atoms with Crippen molar-refractivity contribution in [2.24, 2.45) is 0 Å². The van der Waals surface area contributed by atoms with Crippen molar-refractivity contribution in [1.82, 2.24) is 4.90 Å². The lowest BCUT2D eigenvalue weighted by atomic mass is 9.90. The SMILES string of the molecule is CC1(Nc2cc(Br)ccc2[N+](=O)[O-])CCCN(CCO)C1. The normalized spacial score (nSPS) is 23.0. The van der Waals surface area contributed by atoms with E-state index in [1.54, 1.807) is 12.1 Å². The molecule has 0 bridgehead atoms. The number of nitro groups is 1. The van der Waals surface area contributed by atoms with Gasteiger partial charge < -0.3 is 10.4 Å². The van der Waals surface area contributed by atoms with E-state index >= 15 is 0 Å². The van der Waals surface area contributed by atoms with Crippen LogP contribution in [0.5, 0.6) is 0 Å². The van der Waals surface area contributed by atoms with E-state index in [9.17, 15) is 10.1 Å².